The molecule has 3 heterocycles. The molecule has 0 unspecified atom stereocenters. The van der Waals surface area contributed by atoms with E-state index in [9.17, 15) is 0 Å². The molecule has 0 saturated heterocycles. The van der Waals surface area contributed by atoms with Gasteiger partial charge in [0.2, 0.25) is 5.88 Å². The number of para-hydroxylation sites is 1. The Labute approximate surface area is 146 Å². The van der Waals surface area contributed by atoms with Gasteiger partial charge in [0.05, 0.1) is 12.8 Å². The molecular weight excluding hydrogens is 314 g/mol. The number of aromatic nitrogens is 3. The van der Waals surface area contributed by atoms with E-state index in [1.165, 1.54) is 0 Å². The molecule has 0 atom stereocenters. The van der Waals surface area contributed by atoms with Gasteiger partial charge < -0.3 is 9.15 Å². The number of benzene rings is 1. The number of fused-ring (bicyclic) bond motifs is 2. The Morgan fingerprint density at radius 3 is 2.88 bits per heavy atom. The highest BCUT2D eigenvalue weighted by Crippen LogP contribution is 2.28. The normalized spacial score (nSPS) is 11.6. The lowest BCUT2D eigenvalue weighted by Crippen LogP contribution is -2.03. The lowest BCUT2D eigenvalue weighted by molar-refractivity contribution is 0.283. The molecule has 0 spiro atoms. The maximum Gasteiger partial charge on any atom is 0.231 e. The van der Waals surface area contributed by atoms with Gasteiger partial charge in [-0.1, -0.05) is 32.0 Å². The van der Waals surface area contributed by atoms with Crippen LogP contribution in [-0.2, 0) is 0 Å². The van der Waals surface area contributed by atoms with Crippen molar-refractivity contribution in [3.63, 3.8) is 0 Å². The Bertz CT molecular complexity index is 967. The van der Waals surface area contributed by atoms with Gasteiger partial charge in [0.25, 0.3) is 0 Å². The van der Waals surface area contributed by atoms with Gasteiger partial charge in [-0.3, -0.25) is 0 Å². The molecule has 0 aliphatic rings. The minimum Gasteiger partial charge on any atom is -0.477 e. The van der Waals surface area contributed by atoms with Crippen LogP contribution in [0.4, 0.5) is 0 Å². The van der Waals surface area contributed by atoms with Crippen molar-refractivity contribution in [2.75, 3.05) is 6.61 Å². The van der Waals surface area contributed by atoms with Crippen LogP contribution in [0.15, 0.2) is 53.1 Å². The van der Waals surface area contributed by atoms with Gasteiger partial charge in [-0.2, -0.15) is 0 Å². The number of nitrogens with zero attached hydrogens (tertiary/aromatic N) is 3. The van der Waals surface area contributed by atoms with Gasteiger partial charge in [0.1, 0.15) is 11.3 Å². The van der Waals surface area contributed by atoms with Crippen molar-refractivity contribution in [1.29, 1.82) is 0 Å². The molecule has 1 aromatic carbocycles. The minimum atomic E-state index is 0.603. The van der Waals surface area contributed by atoms with Gasteiger partial charge in [-0.25, -0.2) is 9.50 Å². The Hall–Kier alpha value is -2.82. The predicted molar refractivity (Wildman–Crippen MR) is 97.8 cm³/mol. The Morgan fingerprint density at radius 2 is 2.04 bits per heavy atom. The van der Waals surface area contributed by atoms with E-state index in [0.717, 1.165) is 40.9 Å². The Kier molecular flexibility index (Phi) is 4.14. The number of hydrogen-bond donors (Lipinski definition) is 0. The van der Waals surface area contributed by atoms with Crippen LogP contribution in [0, 0.1) is 5.92 Å². The largest absolute Gasteiger partial charge is 0.477 e. The first-order chi connectivity index (χ1) is 12.2. The summed E-state index contributed by atoms with van der Waals surface area (Å²) < 4.78 is 13.5. The van der Waals surface area contributed by atoms with Crippen LogP contribution in [0.3, 0.4) is 0 Å². The van der Waals surface area contributed by atoms with E-state index in [2.05, 4.69) is 23.9 Å². The van der Waals surface area contributed by atoms with Crippen molar-refractivity contribution in [1.82, 2.24) is 14.6 Å². The zero-order valence-electron chi connectivity index (χ0n) is 14.5. The van der Waals surface area contributed by atoms with Crippen molar-refractivity contribution in [2.24, 2.45) is 5.92 Å². The maximum atomic E-state index is 5.94. The number of rotatable bonds is 6. The van der Waals surface area contributed by atoms with Gasteiger partial charge in [-0.15, -0.1) is 5.10 Å². The topological polar surface area (TPSA) is 52.6 Å². The average Bonchev–Trinajstić information content (AvgIpc) is 3.21. The minimum absolute atomic E-state index is 0.603. The molecule has 5 heteroatoms. The molecule has 25 heavy (non-hydrogen) atoms. The maximum absolute atomic E-state index is 5.94. The second-order valence-corrected chi connectivity index (χ2v) is 6.62. The van der Waals surface area contributed by atoms with Gasteiger partial charge >= 0.3 is 0 Å². The van der Waals surface area contributed by atoms with Crippen LogP contribution < -0.4 is 4.74 Å². The standard InChI is InChI=1S/C20H21N3O2/c1-14(2)6-5-11-24-20-10-9-19-21-13-16(23(19)22-20)18-12-15-7-3-4-8-17(15)25-18/h3-4,7-10,12-14H,5-6,11H2,1-2H3. The first kappa shape index (κ1) is 15.7. The molecular formula is C20H21N3O2. The average molecular weight is 335 g/mol. The smallest absolute Gasteiger partial charge is 0.231 e. The van der Waals surface area contributed by atoms with Gasteiger partial charge in [-0.05, 0) is 37.0 Å². The molecule has 0 bridgehead atoms. The van der Waals surface area contributed by atoms with Crippen LogP contribution in [0.25, 0.3) is 28.1 Å². The number of ether oxygens (including phenoxy) is 1. The molecule has 5 nitrogen and oxygen atoms in total. The molecule has 4 aromatic rings. The summed E-state index contributed by atoms with van der Waals surface area (Å²) in [6.45, 7) is 5.11. The third kappa shape index (κ3) is 3.22. The molecule has 0 saturated carbocycles. The highest BCUT2D eigenvalue weighted by atomic mass is 16.5. The summed E-state index contributed by atoms with van der Waals surface area (Å²) >= 11 is 0. The second-order valence-electron chi connectivity index (χ2n) is 6.62. The van der Waals surface area contributed by atoms with Crippen molar-refractivity contribution < 1.29 is 9.15 Å². The summed E-state index contributed by atoms with van der Waals surface area (Å²) in [5, 5.41) is 5.63. The van der Waals surface area contributed by atoms with Crippen LogP contribution in [0.1, 0.15) is 26.7 Å². The van der Waals surface area contributed by atoms with E-state index >= 15 is 0 Å². The van der Waals surface area contributed by atoms with Crippen molar-refractivity contribution in [3.8, 4) is 17.3 Å². The van der Waals surface area contributed by atoms with Gasteiger partial charge in [0.15, 0.2) is 11.4 Å². The first-order valence-electron chi connectivity index (χ1n) is 8.67. The fraction of sp³-hybridized carbons (Fsp3) is 0.300. The van der Waals surface area contributed by atoms with E-state index in [1.807, 2.05) is 42.5 Å². The first-order valence-corrected chi connectivity index (χ1v) is 8.67. The second kappa shape index (κ2) is 6.59. The predicted octanol–water partition coefficient (Wildman–Crippen LogP) is 4.96. The third-order valence-electron chi connectivity index (χ3n) is 4.19. The van der Waals surface area contributed by atoms with Crippen LogP contribution in [0.5, 0.6) is 5.88 Å². The van der Waals surface area contributed by atoms with E-state index < -0.39 is 0 Å². The molecule has 0 N–H and O–H groups in total. The van der Waals surface area contributed by atoms with E-state index in [0.29, 0.717) is 18.4 Å². The van der Waals surface area contributed by atoms with Crippen molar-refractivity contribution in [2.45, 2.75) is 26.7 Å². The monoisotopic (exact) mass is 335 g/mol. The van der Waals surface area contributed by atoms with E-state index in [4.69, 9.17) is 9.15 Å². The van der Waals surface area contributed by atoms with Crippen LogP contribution in [-0.4, -0.2) is 21.2 Å². The number of hydrogen-bond acceptors (Lipinski definition) is 4. The molecule has 3 aromatic heterocycles. The van der Waals surface area contributed by atoms with Crippen LogP contribution in [0.2, 0.25) is 0 Å². The molecule has 0 amide bonds. The summed E-state index contributed by atoms with van der Waals surface area (Å²) in [6.07, 6.45) is 3.96. The summed E-state index contributed by atoms with van der Waals surface area (Å²) in [6, 6.07) is 13.7. The van der Waals surface area contributed by atoms with E-state index in [1.54, 1.807) is 10.7 Å². The molecule has 0 aliphatic carbocycles. The SMILES string of the molecule is CC(C)CCCOc1ccc2ncc(-c3cc4ccccc4o3)n2n1. The third-order valence-corrected chi connectivity index (χ3v) is 4.19. The van der Waals surface area contributed by atoms with E-state index in [-0.39, 0.29) is 0 Å². The molecule has 128 valence electrons. The lowest BCUT2D eigenvalue weighted by Gasteiger charge is -2.07. The Morgan fingerprint density at radius 1 is 1.16 bits per heavy atom. The van der Waals surface area contributed by atoms with Crippen LogP contribution >= 0.6 is 0 Å². The summed E-state index contributed by atoms with van der Waals surface area (Å²) in [4.78, 5) is 4.41. The quantitative estimate of drug-likeness (QED) is 0.467. The molecule has 4 rings (SSSR count). The molecule has 0 aliphatic heterocycles. The lowest BCUT2D eigenvalue weighted by atomic mass is 10.1. The highest BCUT2D eigenvalue weighted by Gasteiger charge is 2.13. The van der Waals surface area contributed by atoms with Crippen molar-refractivity contribution in [3.05, 3.63) is 48.7 Å². The zero-order chi connectivity index (χ0) is 17.2. The molecule has 0 radical (unpaired) electrons. The number of furan rings is 1. The Balaban J connectivity index is 1.62. The zero-order valence-corrected chi connectivity index (χ0v) is 14.5. The van der Waals surface area contributed by atoms with Gasteiger partial charge in [0, 0.05) is 11.5 Å². The number of imidazole rings is 1. The summed E-state index contributed by atoms with van der Waals surface area (Å²) in [5.74, 6) is 2.04. The highest BCUT2D eigenvalue weighted by molar-refractivity contribution is 5.82. The summed E-state index contributed by atoms with van der Waals surface area (Å²) in [5.41, 5.74) is 2.44. The summed E-state index contributed by atoms with van der Waals surface area (Å²) in [7, 11) is 0. The van der Waals surface area contributed by atoms with Crippen molar-refractivity contribution >= 4 is 16.6 Å². The fourth-order valence-electron chi connectivity index (χ4n) is 2.88. The molecule has 0 fully saturated rings. The fourth-order valence-corrected chi connectivity index (χ4v) is 2.88.